The van der Waals surface area contributed by atoms with Crippen molar-refractivity contribution in [2.75, 3.05) is 6.61 Å². The van der Waals surface area contributed by atoms with E-state index in [-0.39, 0.29) is 23.2 Å². The predicted molar refractivity (Wildman–Crippen MR) is 74.4 cm³/mol. The van der Waals surface area contributed by atoms with Crippen LogP contribution in [-0.2, 0) is 4.74 Å². The third-order valence-corrected chi connectivity index (χ3v) is 3.31. The maximum absolute atomic E-state index is 11.4. The van der Waals surface area contributed by atoms with E-state index in [0.29, 0.717) is 5.56 Å². The van der Waals surface area contributed by atoms with Gasteiger partial charge in [-0.25, -0.2) is 4.79 Å². The van der Waals surface area contributed by atoms with Crippen molar-refractivity contribution in [1.82, 2.24) is 5.32 Å². The molecule has 5 N–H and O–H groups in total. The van der Waals surface area contributed by atoms with Crippen LogP contribution in [0.2, 0.25) is 5.02 Å². The Bertz CT molecular complexity index is 532. The molecular formula is C13H16ClN3O3. The Kier molecular flexibility index (Phi) is 4.46. The van der Waals surface area contributed by atoms with Crippen LogP contribution in [0.5, 0.6) is 0 Å². The molecule has 0 aliphatic heterocycles. The normalized spacial score (nSPS) is 15.5. The third-order valence-electron chi connectivity index (χ3n) is 2.98. The SMILES string of the molecule is NC(=O)c1cc([C@H](N)COC(=O)NC2CC2)ccc1Cl. The van der Waals surface area contributed by atoms with Crippen LogP contribution >= 0.6 is 11.6 Å². The topological polar surface area (TPSA) is 107 Å². The molecule has 0 saturated heterocycles. The summed E-state index contributed by atoms with van der Waals surface area (Å²) in [5, 5.41) is 2.95. The Morgan fingerprint density at radius 3 is 2.75 bits per heavy atom. The summed E-state index contributed by atoms with van der Waals surface area (Å²) in [4.78, 5) is 22.6. The highest BCUT2D eigenvalue weighted by atomic mass is 35.5. The van der Waals surface area contributed by atoms with E-state index < -0.39 is 18.0 Å². The molecule has 7 heteroatoms. The number of hydrogen-bond acceptors (Lipinski definition) is 4. The van der Waals surface area contributed by atoms with E-state index >= 15 is 0 Å². The number of halogens is 1. The van der Waals surface area contributed by atoms with Gasteiger partial charge in [0.05, 0.1) is 16.6 Å². The molecule has 1 aliphatic carbocycles. The summed E-state index contributed by atoms with van der Waals surface area (Å²) in [6, 6.07) is 4.41. The highest BCUT2D eigenvalue weighted by Crippen LogP contribution is 2.21. The van der Waals surface area contributed by atoms with Crippen LogP contribution in [0, 0.1) is 0 Å². The molecule has 6 nitrogen and oxygen atoms in total. The van der Waals surface area contributed by atoms with Gasteiger partial charge in [-0.1, -0.05) is 17.7 Å². The molecule has 0 aromatic heterocycles. The fourth-order valence-electron chi connectivity index (χ4n) is 1.66. The van der Waals surface area contributed by atoms with Crippen LogP contribution in [0.15, 0.2) is 18.2 Å². The van der Waals surface area contributed by atoms with Gasteiger partial charge < -0.3 is 21.5 Å². The highest BCUT2D eigenvalue weighted by Gasteiger charge is 2.24. The number of primary amides is 1. The zero-order valence-corrected chi connectivity index (χ0v) is 11.5. The van der Waals surface area contributed by atoms with E-state index in [0.717, 1.165) is 12.8 Å². The molecule has 1 aromatic rings. The Hall–Kier alpha value is -1.79. The van der Waals surface area contributed by atoms with Gasteiger partial charge in [0.1, 0.15) is 6.61 Å². The van der Waals surface area contributed by atoms with Gasteiger partial charge >= 0.3 is 6.09 Å². The molecule has 0 unspecified atom stereocenters. The molecule has 0 radical (unpaired) electrons. The molecule has 0 heterocycles. The average Bonchev–Trinajstić information content (AvgIpc) is 3.20. The first-order valence-electron chi connectivity index (χ1n) is 6.25. The Morgan fingerprint density at radius 2 is 2.15 bits per heavy atom. The zero-order valence-electron chi connectivity index (χ0n) is 10.8. The lowest BCUT2D eigenvalue weighted by atomic mass is 10.0. The van der Waals surface area contributed by atoms with Gasteiger partial charge in [-0.15, -0.1) is 0 Å². The van der Waals surface area contributed by atoms with E-state index in [1.807, 2.05) is 0 Å². The molecule has 2 amide bonds. The van der Waals surface area contributed by atoms with E-state index in [1.165, 1.54) is 6.07 Å². The number of carbonyl (C=O) groups excluding carboxylic acids is 2. The minimum atomic E-state index is -0.628. The highest BCUT2D eigenvalue weighted by molar-refractivity contribution is 6.33. The number of amides is 2. The third kappa shape index (κ3) is 3.85. The first-order valence-corrected chi connectivity index (χ1v) is 6.63. The van der Waals surface area contributed by atoms with E-state index in [2.05, 4.69) is 5.32 Å². The number of nitrogens with one attached hydrogen (secondary N) is 1. The van der Waals surface area contributed by atoms with Crippen molar-refractivity contribution in [2.24, 2.45) is 11.5 Å². The first-order chi connectivity index (χ1) is 9.47. The standard InChI is InChI=1S/C13H16ClN3O3/c14-10-4-1-7(5-9(10)12(16)18)11(15)6-20-13(19)17-8-2-3-8/h1,4-5,8,11H,2-3,6,15H2,(H2,16,18)(H,17,19)/t11-/m1/s1. The van der Waals surface area contributed by atoms with Crippen LogP contribution in [-0.4, -0.2) is 24.6 Å². The fraction of sp³-hybridized carbons (Fsp3) is 0.385. The Labute approximate surface area is 121 Å². The van der Waals surface area contributed by atoms with E-state index in [4.69, 9.17) is 27.8 Å². The summed E-state index contributed by atoms with van der Waals surface area (Å²) in [5.74, 6) is -0.628. The molecular weight excluding hydrogens is 282 g/mol. The Morgan fingerprint density at radius 1 is 1.45 bits per heavy atom. The summed E-state index contributed by atoms with van der Waals surface area (Å²) < 4.78 is 5.02. The van der Waals surface area contributed by atoms with Gasteiger partial charge in [-0.05, 0) is 30.5 Å². The lowest BCUT2D eigenvalue weighted by Gasteiger charge is -2.14. The lowest BCUT2D eigenvalue weighted by molar-refractivity contribution is 0.0999. The number of benzene rings is 1. The fourth-order valence-corrected chi connectivity index (χ4v) is 1.87. The molecule has 1 atom stereocenters. The second kappa shape index (κ2) is 6.11. The largest absolute Gasteiger partial charge is 0.448 e. The van der Waals surface area contributed by atoms with Crippen molar-refractivity contribution >= 4 is 23.6 Å². The maximum atomic E-state index is 11.4. The number of nitrogens with two attached hydrogens (primary N) is 2. The molecule has 1 aliphatic rings. The van der Waals surface area contributed by atoms with Crippen LogP contribution in [0.25, 0.3) is 0 Å². The van der Waals surface area contributed by atoms with Crippen molar-refractivity contribution in [3.05, 3.63) is 34.3 Å². The quantitative estimate of drug-likeness (QED) is 0.762. The van der Waals surface area contributed by atoms with Gasteiger partial charge in [-0.3, -0.25) is 4.79 Å². The van der Waals surface area contributed by atoms with Crippen LogP contribution in [0.1, 0.15) is 34.8 Å². The summed E-state index contributed by atoms with van der Waals surface area (Å²) in [6.07, 6.45) is 1.49. The number of alkyl carbamates (subject to hydrolysis) is 1. The van der Waals surface area contributed by atoms with Crippen molar-refractivity contribution < 1.29 is 14.3 Å². The smallest absolute Gasteiger partial charge is 0.407 e. The molecule has 20 heavy (non-hydrogen) atoms. The van der Waals surface area contributed by atoms with Crippen LogP contribution < -0.4 is 16.8 Å². The summed E-state index contributed by atoms with van der Waals surface area (Å²) in [5.41, 5.74) is 11.9. The van der Waals surface area contributed by atoms with E-state index in [9.17, 15) is 9.59 Å². The van der Waals surface area contributed by atoms with Crippen molar-refractivity contribution in [2.45, 2.75) is 24.9 Å². The van der Waals surface area contributed by atoms with Gasteiger partial charge in [0.2, 0.25) is 5.91 Å². The van der Waals surface area contributed by atoms with Crippen molar-refractivity contribution in [3.63, 3.8) is 0 Å². The molecule has 1 aromatic carbocycles. The van der Waals surface area contributed by atoms with E-state index in [1.54, 1.807) is 12.1 Å². The van der Waals surface area contributed by atoms with Gasteiger partial charge in [0.25, 0.3) is 0 Å². The molecule has 108 valence electrons. The molecule has 1 fully saturated rings. The second-order valence-corrected chi connectivity index (χ2v) is 5.13. The minimum Gasteiger partial charge on any atom is -0.448 e. The molecule has 2 rings (SSSR count). The summed E-state index contributed by atoms with van der Waals surface area (Å²) in [7, 11) is 0. The number of ether oxygens (including phenoxy) is 1. The van der Waals surface area contributed by atoms with Crippen LogP contribution in [0.4, 0.5) is 4.79 Å². The second-order valence-electron chi connectivity index (χ2n) is 4.73. The maximum Gasteiger partial charge on any atom is 0.407 e. The van der Waals surface area contributed by atoms with Gasteiger partial charge in [0, 0.05) is 6.04 Å². The predicted octanol–water partition coefficient (Wildman–Crippen LogP) is 1.33. The van der Waals surface area contributed by atoms with Crippen molar-refractivity contribution in [3.8, 4) is 0 Å². The lowest BCUT2D eigenvalue weighted by Crippen LogP contribution is -2.29. The average molecular weight is 298 g/mol. The number of hydrogen-bond donors (Lipinski definition) is 3. The summed E-state index contributed by atoms with van der Waals surface area (Å²) in [6.45, 7) is 0.0123. The van der Waals surface area contributed by atoms with Crippen molar-refractivity contribution in [1.29, 1.82) is 0 Å². The molecule has 1 saturated carbocycles. The van der Waals surface area contributed by atoms with Gasteiger partial charge in [-0.2, -0.15) is 0 Å². The van der Waals surface area contributed by atoms with Gasteiger partial charge in [0.15, 0.2) is 0 Å². The van der Waals surface area contributed by atoms with Crippen LogP contribution in [0.3, 0.4) is 0 Å². The minimum absolute atomic E-state index is 0.0123. The zero-order chi connectivity index (χ0) is 14.7. The molecule has 0 spiro atoms. The first kappa shape index (κ1) is 14.6. The number of carbonyl (C=O) groups is 2. The molecule has 0 bridgehead atoms. The monoisotopic (exact) mass is 297 g/mol. The summed E-state index contributed by atoms with van der Waals surface area (Å²) >= 11 is 5.85. The number of rotatable bonds is 5. The Balaban J connectivity index is 1.94.